The Balaban J connectivity index is 1.87. The zero-order valence-electron chi connectivity index (χ0n) is 11.0. The summed E-state index contributed by atoms with van der Waals surface area (Å²) in [5.41, 5.74) is 0.822. The molecule has 0 saturated carbocycles. The Hall–Kier alpha value is -1.47. The first-order valence-corrected chi connectivity index (χ1v) is 7.28. The van der Waals surface area contributed by atoms with Crippen LogP contribution >= 0.6 is 15.9 Å². The average molecular weight is 342 g/mol. The minimum absolute atomic E-state index is 0.0436. The van der Waals surface area contributed by atoms with Gasteiger partial charge in [0, 0.05) is 36.2 Å². The number of non-ortho nitro benzene ring substituents is 1. The minimum Gasteiger partial charge on any atom is -0.342 e. The minimum atomic E-state index is -0.427. The van der Waals surface area contributed by atoms with Crippen molar-refractivity contribution < 1.29 is 9.72 Å². The van der Waals surface area contributed by atoms with Gasteiger partial charge in [-0.05, 0) is 24.5 Å². The molecular formula is C13H16BrN3O3. The number of halogens is 1. The van der Waals surface area contributed by atoms with E-state index in [9.17, 15) is 14.9 Å². The van der Waals surface area contributed by atoms with Crippen molar-refractivity contribution in [3.63, 3.8) is 0 Å². The Morgan fingerprint density at radius 2 is 2.05 bits per heavy atom. The number of carbonyl (C=O) groups is 1. The predicted molar refractivity (Wildman–Crippen MR) is 78.3 cm³/mol. The first kappa shape index (κ1) is 14.9. The number of carbonyl (C=O) groups excluding carboxylic acids is 1. The van der Waals surface area contributed by atoms with Gasteiger partial charge in [-0.1, -0.05) is 15.9 Å². The van der Waals surface area contributed by atoms with Crippen molar-refractivity contribution in [3.8, 4) is 0 Å². The molecule has 1 aromatic carbocycles. The quantitative estimate of drug-likeness (QED) is 0.657. The molecule has 1 amide bonds. The summed E-state index contributed by atoms with van der Waals surface area (Å²) in [5.74, 6) is 0.0898. The van der Waals surface area contributed by atoms with Gasteiger partial charge in [0.05, 0.1) is 11.5 Å². The summed E-state index contributed by atoms with van der Waals surface area (Å²) in [6.45, 7) is 2.37. The molecule has 1 fully saturated rings. The van der Waals surface area contributed by atoms with Gasteiger partial charge in [0.1, 0.15) is 0 Å². The van der Waals surface area contributed by atoms with Gasteiger partial charge in [-0.15, -0.1) is 0 Å². The molecular weight excluding hydrogens is 326 g/mol. The molecule has 0 bridgehead atoms. The summed E-state index contributed by atoms with van der Waals surface area (Å²) in [5, 5.41) is 13.8. The van der Waals surface area contributed by atoms with E-state index in [4.69, 9.17) is 0 Å². The van der Waals surface area contributed by atoms with Crippen LogP contribution in [0.5, 0.6) is 0 Å². The molecule has 6 nitrogen and oxygen atoms in total. The molecule has 1 N–H and O–H groups in total. The van der Waals surface area contributed by atoms with E-state index in [1.807, 2.05) is 4.90 Å². The van der Waals surface area contributed by atoms with Gasteiger partial charge in [0.2, 0.25) is 5.91 Å². The van der Waals surface area contributed by atoms with Gasteiger partial charge < -0.3 is 10.2 Å². The summed E-state index contributed by atoms with van der Waals surface area (Å²) < 4.78 is 0.661. The maximum atomic E-state index is 11.8. The van der Waals surface area contributed by atoms with Crippen LogP contribution in [0.2, 0.25) is 0 Å². The van der Waals surface area contributed by atoms with Crippen molar-refractivity contribution in [2.24, 2.45) is 0 Å². The third-order valence-electron chi connectivity index (χ3n) is 3.22. The topological polar surface area (TPSA) is 75.5 Å². The van der Waals surface area contributed by atoms with Crippen LogP contribution in [0.4, 0.5) is 5.69 Å². The van der Waals surface area contributed by atoms with E-state index in [0.717, 1.165) is 31.5 Å². The normalized spacial score (nSPS) is 14.6. The molecule has 7 heteroatoms. The van der Waals surface area contributed by atoms with Crippen LogP contribution in [0.3, 0.4) is 0 Å². The number of nitro benzene ring substituents is 1. The number of nitrogens with one attached hydrogen (secondary N) is 1. The molecule has 0 spiro atoms. The van der Waals surface area contributed by atoms with E-state index in [2.05, 4.69) is 21.2 Å². The van der Waals surface area contributed by atoms with Crippen LogP contribution in [0, 0.1) is 10.1 Å². The van der Waals surface area contributed by atoms with Crippen molar-refractivity contribution in [1.29, 1.82) is 0 Å². The lowest BCUT2D eigenvalue weighted by Gasteiger charge is -2.15. The average Bonchev–Trinajstić information content (AvgIpc) is 2.91. The molecule has 1 heterocycles. The number of nitrogens with zero attached hydrogens (tertiary/aromatic N) is 2. The summed E-state index contributed by atoms with van der Waals surface area (Å²) in [6.07, 6.45) is 2.15. The highest BCUT2D eigenvalue weighted by Gasteiger charge is 2.17. The molecule has 1 aromatic rings. The Bertz CT molecular complexity index is 516. The number of rotatable bonds is 5. The number of benzene rings is 1. The van der Waals surface area contributed by atoms with Crippen molar-refractivity contribution in [1.82, 2.24) is 10.2 Å². The van der Waals surface area contributed by atoms with Gasteiger partial charge >= 0.3 is 0 Å². The number of likely N-dealkylation sites (tertiary alicyclic amines) is 1. The Morgan fingerprint density at radius 1 is 1.35 bits per heavy atom. The monoisotopic (exact) mass is 341 g/mol. The van der Waals surface area contributed by atoms with Gasteiger partial charge in [-0.25, -0.2) is 0 Å². The van der Waals surface area contributed by atoms with Gasteiger partial charge in [-0.3, -0.25) is 14.9 Å². The van der Waals surface area contributed by atoms with Crippen LogP contribution in [0.1, 0.15) is 18.4 Å². The van der Waals surface area contributed by atoms with Crippen molar-refractivity contribution in [3.05, 3.63) is 38.3 Å². The van der Waals surface area contributed by atoms with Crippen molar-refractivity contribution in [2.45, 2.75) is 19.4 Å². The number of amides is 1. The maximum absolute atomic E-state index is 11.8. The summed E-state index contributed by atoms with van der Waals surface area (Å²) in [7, 11) is 0. The van der Waals surface area contributed by atoms with Crippen molar-refractivity contribution in [2.75, 3.05) is 19.6 Å². The lowest BCUT2D eigenvalue weighted by molar-refractivity contribution is -0.385. The van der Waals surface area contributed by atoms with E-state index in [1.165, 1.54) is 12.1 Å². The zero-order chi connectivity index (χ0) is 14.5. The first-order valence-electron chi connectivity index (χ1n) is 6.48. The van der Waals surface area contributed by atoms with E-state index in [-0.39, 0.29) is 18.1 Å². The first-order chi connectivity index (χ1) is 9.56. The van der Waals surface area contributed by atoms with E-state index < -0.39 is 4.92 Å². The van der Waals surface area contributed by atoms with Crippen molar-refractivity contribution >= 4 is 27.5 Å². The molecule has 0 aromatic heterocycles. The van der Waals surface area contributed by atoms with Gasteiger partial charge in [0.25, 0.3) is 5.69 Å². The fraction of sp³-hybridized carbons (Fsp3) is 0.462. The van der Waals surface area contributed by atoms with Gasteiger partial charge in [-0.2, -0.15) is 0 Å². The van der Waals surface area contributed by atoms with E-state index >= 15 is 0 Å². The summed E-state index contributed by atoms with van der Waals surface area (Å²) in [4.78, 5) is 24.0. The standard InChI is InChI=1S/C13H16BrN3O3/c14-11-5-10(6-12(7-11)17(19)20)8-15-9-13(18)16-3-1-2-4-16/h5-7,15H,1-4,8-9H2. The van der Waals surface area contributed by atoms with Crippen LogP contribution in [0.25, 0.3) is 0 Å². The summed E-state index contributed by atoms with van der Waals surface area (Å²) in [6, 6.07) is 4.78. The molecule has 1 aliphatic heterocycles. The largest absolute Gasteiger partial charge is 0.342 e. The Labute approximate surface area is 125 Å². The van der Waals surface area contributed by atoms with E-state index in [0.29, 0.717) is 11.0 Å². The molecule has 1 aliphatic rings. The molecule has 0 aliphatic carbocycles. The number of nitro groups is 1. The fourth-order valence-electron chi connectivity index (χ4n) is 2.23. The summed E-state index contributed by atoms with van der Waals surface area (Å²) >= 11 is 3.25. The molecule has 1 saturated heterocycles. The highest BCUT2D eigenvalue weighted by atomic mass is 79.9. The highest BCUT2D eigenvalue weighted by Crippen LogP contribution is 2.21. The zero-order valence-corrected chi connectivity index (χ0v) is 12.6. The lowest BCUT2D eigenvalue weighted by atomic mass is 10.2. The van der Waals surface area contributed by atoms with Crippen LogP contribution in [-0.4, -0.2) is 35.4 Å². The Kier molecular flexibility index (Phi) is 5.08. The third kappa shape index (κ3) is 4.01. The smallest absolute Gasteiger partial charge is 0.270 e. The molecule has 2 rings (SSSR count). The van der Waals surface area contributed by atoms with Crippen LogP contribution in [0.15, 0.2) is 22.7 Å². The fourth-order valence-corrected chi connectivity index (χ4v) is 2.76. The lowest BCUT2D eigenvalue weighted by Crippen LogP contribution is -2.35. The second kappa shape index (κ2) is 6.81. The Morgan fingerprint density at radius 3 is 2.70 bits per heavy atom. The van der Waals surface area contributed by atoms with E-state index in [1.54, 1.807) is 6.07 Å². The molecule has 20 heavy (non-hydrogen) atoms. The molecule has 0 atom stereocenters. The molecule has 0 radical (unpaired) electrons. The SMILES string of the molecule is O=C(CNCc1cc(Br)cc([N+](=O)[O-])c1)N1CCCC1. The molecule has 0 unspecified atom stereocenters. The maximum Gasteiger partial charge on any atom is 0.270 e. The van der Waals surface area contributed by atoms with Crippen LogP contribution in [-0.2, 0) is 11.3 Å². The molecule has 108 valence electrons. The third-order valence-corrected chi connectivity index (χ3v) is 3.68. The second-order valence-electron chi connectivity index (χ2n) is 4.77. The van der Waals surface area contributed by atoms with Crippen LogP contribution < -0.4 is 5.32 Å². The number of hydrogen-bond donors (Lipinski definition) is 1. The van der Waals surface area contributed by atoms with Gasteiger partial charge in [0.15, 0.2) is 0 Å². The number of hydrogen-bond acceptors (Lipinski definition) is 4. The second-order valence-corrected chi connectivity index (χ2v) is 5.68. The predicted octanol–water partition coefficient (Wildman–Crippen LogP) is 2.07. The highest BCUT2D eigenvalue weighted by molar-refractivity contribution is 9.10.